The Morgan fingerprint density at radius 1 is 1.42 bits per heavy atom. The van der Waals surface area contributed by atoms with Gasteiger partial charge in [-0.3, -0.25) is 14.5 Å². The number of hydrogen-bond donors (Lipinski definition) is 1. The number of nitrogens with zero attached hydrogens (tertiary/aromatic N) is 1. The summed E-state index contributed by atoms with van der Waals surface area (Å²) in [6.07, 6.45) is 2.20. The Balaban J connectivity index is 2.15. The number of rotatable bonds is 7. The minimum Gasteiger partial charge on any atom is -0.490 e. The van der Waals surface area contributed by atoms with Gasteiger partial charge in [0.25, 0.3) is 5.91 Å². The van der Waals surface area contributed by atoms with Crippen molar-refractivity contribution in [2.45, 2.75) is 32.8 Å². The van der Waals surface area contributed by atoms with Gasteiger partial charge in [0, 0.05) is 18.5 Å². The lowest BCUT2D eigenvalue weighted by molar-refractivity contribution is -0.137. The van der Waals surface area contributed by atoms with E-state index in [9.17, 15) is 9.59 Å². The summed E-state index contributed by atoms with van der Waals surface area (Å²) in [5.41, 5.74) is 0.817. The number of para-hydroxylation sites is 1. The van der Waals surface area contributed by atoms with Crippen molar-refractivity contribution < 1.29 is 19.4 Å². The fourth-order valence-electron chi connectivity index (χ4n) is 2.18. The van der Waals surface area contributed by atoms with E-state index in [1.54, 1.807) is 6.08 Å². The standard InChI is InChI=1S/C17H19NO4S2/c1-11(2)22-13-7-4-3-6-12(13)10-14-16(21)18(17(23)24-14)9-5-8-15(19)20/h3-4,6-7,10-11H,5,8-9H2,1-2H3,(H,19,20)/b14-10-. The molecular weight excluding hydrogens is 346 g/mol. The Hall–Kier alpha value is -1.86. The van der Waals surface area contributed by atoms with Crippen LogP contribution in [0.15, 0.2) is 29.2 Å². The summed E-state index contributed by atoms with van der Waals surface area (Å²) in [5.74, 6) is -0.353. The largest absolute Gasteiger partial charge is 0.490 e. The molecule has 1 aliphatic rings. The number of carboxylic acids is 1. The number of carbonyl (C=O) groups excluding carboxylic acids is 1. The third kappa shape index (κ3) is 4.82. The highest BCUT2D eigenvalue weighted by atomic mass is 32.2. The van der Waals surface area contributed by atoms with E-state index in [1.807, 2.05) is 38.1 Å². The average molecular weight is 365 g/mol. The minimum absolute atomic E-state index is 0.0150. The fourth-order valence-corrected chi connectivity index (χ4v) is 3.48. The van der Waals surface area contributed by atoms with Crippen LogP contribution in [0.3, 0.4) is 0 Å². The summed E-state index contributed by atoms with van der Waals surface area (Å²) >= 11 is 6.47. The van der Waals surface area contributed by atoms with E-state index in [0.717, 1.165) is 5.56 Å². The lowest BCUT2D eigenvalue weighted by Gasteiger charge is -2.13. The SMILES string of the molecule is CC(C)Oc1ccccc1/C=C1\SC(=S)N(CCCC(=O)O)C1=O. The normalized spacial score (nSPS) is 16.3. The van der Waals surface area contributed by atoms with Gasteiger partial charge in [-0.25, -0.2) is 0 Å². The number of hydrogen-bond acceptors (Lipinski definition) is 5. The fraction of sp³-hybridized carbons (Fsp3) is 0.353. The maximum absolute atomic E-state index is 12.5. The van der Waals surface area contributed by atoms with Crippen molar-refractivity contribution in [1.29, 1.82) is 0 Å². The van der Waals surface area contributed by atoms with E-state index in [4.69, 9.17) is 22.1 Å². The van der Waals surface area contributed by atoms with Crippen molar-refractivity contribution in [2.24, 2.45) is 0 Å². The molecule has 0 atom stereocenters. The van der Waals surface area contributed by atoms with E-state index in [-0.39, 0.29) is 18.4 Å². The number of carboxylic acid groups (broad SMARTS) is 1. The molecule has 1 saturated heterocycles. The molecule has 0 aromatic heterocycles. The molecule has 0 aliphatic carbocycles. The molecule has 0 radical (unpaired) electrons. The second-order valence-electron chi connectivity index (χ2n) is 5.54. The second kappa shape index (κ2) is 8.30. The van der Waals surface area contributed by atoms with Crippen molar-refractivity contribution in [2.75, 3.05) is 6.54 Å². The Kier molecular flexibility index (Phi) is 6.39. The molecule has 1 aromatic carbocycles. The maximum atomic E-state index is 12.5. The van der Waals surface area contributed by atoms with Crippen molar-refractivity contribution in [1.82, 2.24) is 4.90 Å². The van der Waals surface area contributed by atoms with Crippen molar-refractivity contribution >= 4 is 46.3 Å². The van der Waals surface area contributed by atoms with Crippen LogP contribution in [0.25, 0.3) is 6.08 Å². The number of thioether (sulfide) groups is 1. The number of ether oxygens (including phenoxy) is 1. The molecule has 5 nitrogen and oxygen atoms in total. The van der Waals surface area contributed by atoms with Crippen LogP contribution in [-0.4, -0.2) is 38.9 Å². The first kappa shape index (κ1) is 18.5. The Labute approximate surface area is 150 Å². The molecule has 2 rings (SSSR count). The number of aliphatic carboxylic acids is 1. The van der Waals surface area contributed by atoms with E-state index in [1.165, 1.54) is 16.7 Å². The number of amides is 1. The first-order valence-electron chi connectivity index (χ1n) is 7.61. The van der Waals surface area contributed by atoms with E-state index in [2.05, 4.69) is 0 Å². The van der Waals surface area contributed by atoms with Crippen molar-refractivity contribution in [3.63, 3.8) is 0 Å². The quantitative estimate of drug-likeness (QED) is 0.589. The van der Waals surface area contributed by atoms with Gasteiger partial charge in [-0.1, -0.05) is 42.2 Å². The van der Waals surface area contributed by atoms with Crippen LogP contribution < -0.4 is 4.74 Å². The summed E-state index contributed by atoms with van der Waals surface area (Å²) in [5, 5.41) is 8.70. The molecule has 1 N–H and O–H groups in total. The third-order valence-electron chi connectivity index (χ3n) is 3.21. The van der Waals surface area contributed by atoms with Crippen molar-refractivity contribution in [3.8, 4) is 5.75 Å². The zero-order valence-electron chi connectivity index (χ0n) is 13.5. The summed E-state index contributed by atoms with van der Waals surface area (Å²) in [6, 6.07) is 7.51. The molecule has 1 aromatic rings. The monoisotopic (exact) mass is 365 g/mol. The summed E-state index contributed by atoms with van der Waals surface area (Å²) in [7, 11) is 0. The molecule has 0 spiro atoms. The molecule has 128 valence electrons. The van der Waals surface area contributed by atoms with Gasteiger partial charge in [-0.05, 0) is 32.4 Å². The molecule has 1 amide bonds. The molecule has 24 heavy (non-hydrogen) atoms. The second-order valence-corrected chi connectivity index (χ2v) is 7.21. The minimum atomic E-state index is -0.879. The van der Waals surface area contributed by atoms with Gasteiger partial charge in [0.1, 0.15) is 10.1 Å². The van der Waals surface area contributed by atoms with Gasteiger partial charge < -0.3 is 9.84 Å². The Morgan fingerprint density at radius 2 is 2.12 bits per heavy atom. The smallest absolute Gasteiger partial charge is 0.303 e. The predicted octanol–water partition coefficient (Wildman–Crippen LogP) is 3.54. The topological polar surface area (TPSA) is 66.8 Å². The van der Waals surface area contributed by atoms with Crippen LogP contribution in [0.2, 0.25) is 0 Å². The van der Waals surface area contributed by atoms with Crippen LogP contribution in [-0.2, 0) is 9.59 Å². The summed E-state index contributed by atoms with van der Waals surface area (Å²) in [4.78, 5) is 25.1. The van der Waals surface area contributed by atoms with Gasteiger partial charge >= 0.3 is 5.97 Å². The summed E-state index contributed by atoms with van der Waals surface area (Å²) in [6.45, 7) is 4.20. The third-order valence-corrected chi connectivity index (χ3v) is 4.59. The van der Waals surface area contributed by atoms with Gasteiger partial charge in [-0.2, -0.15) is 0 Å². The zero-order valence-corrected chi connectivity index (χ0v) is 15.2. The van der Waals surface area contributed by atoms with Gasteiger partial charge in [0.2, 0.25) is 0 Å². The maximum Gasteiger partial charge on any atom is 0.303 e. The molecule has 0 saturated carbocycles. The predicted molar refractivity (Wildman–Crippen MR) is 99.0 cm³/mol. The molecule has 1 aliphatic heterocycles. The number of thiocarbonyl (C=S) groups is 1. The van der Waals surface area contributed by atoms with Crippen LogP contribution in [0, 0.1) is 0 Å². The van der Waals surface area contributed by atoms with Crippen molar-refractivity contribution in [3.05, 3.63) is 34.7 Å². The molecule has 0 bridgehead atoms. The van der Waals surface area contributed by atoms with Gasteiger partial charge in [0.05, 0.1) is 11.0 Å². The Morgan fingerprint density at radius 3 is 2.79 bits per heavy atom. The van der Waals surface area contributed by atoms with Crippen LogP contribution in [0.5, 0.6) is 5.75 Å². The molecule has 0 unspecified atom stereocenters. The van der Waals surface area contributed by atoms with Crippen LogP contribution in [0.4, 0.5) is 0 Å². The Bertz CT molecular complexity index is 685. The first-order chi connectivity index (χ1) is 11.4. The van der Waals surface area contributed by atoms with Gasteiger partial charge in [-0.15, -0.1) is 0 Å². The highest BCUT2D eigenvalue weighted by Crippen LogP contribution is 2.34. The number of benzene rings is 1. The lowest BCUT2D eigenvalue weighted by Crippen LogP contribution is -2.29. The zero-order chi connectivity index (χ0) is 17.7. The van der Waals surface area contributed by atoms with Gasteiger partial charge in [0.15, 0.2) is 0 Å². The van der Waals surface area contributed by atoms with Crippen LogP contribution >= 0.6 is 24.0 Å². The van der Waals surface area contributed by atoms with E-state index >= 15 is 0 Å². The molecule has 1 fully saturated rings. The average Bonchev–Trinajstić information content (AvgIpc) is 2.76. The molecule has 7 heteroatoms. The summed E-state index contributed by atoms with van der Waals surface area (Å²) < 4.78 is 6.22. The number of carbonyl (C=O) groups is 2. The lowest BCUT2D eigenvalue weighted by atomic mass is 10.2. The van der Waals surface area contributed by atoms with E-state index in [0.29, 0.717) is 27.9 Å². The first-order valence-corrected chi connectivity index (χ1v) is 8.84. The van der Waals surface area contributed by atoms with E-state index < -0.39 is 5.97 Å². The molecular formula is C17H19NO4S2. The van der Waals surface area contributed by atoms with Crippen LogP contribution in [0.1, 0.15) is 32.3 Å². The highest BCUT2D eigenvalue weighted by Gasteiger charge is 2.31. The molecule has 1 heterocycles. The highest BCUT2D eigenvalue weighted by molar-refractivity contribution is 8.26.